The van der Waals surface area contributed by atoms with E-state index in [1.54, 1.807) is 19.2 Å². The molecular formula is C16H17N3O3. The van der Waals surface area contributed by atoms with E-state index in [1.807, 2.05) is 18.2 Å². The molecule has 0 bridgehead atoms. The summed E-state index contributed by atoms with van der Waals surface area (Å²) in [5.74, 6) is -1.02. The number of aliphatic imine (C=N–C) groups is 1. The number of rotatable bonds is 3. The molecule has 1 heterocycles. The van der Waals surface area contributed by atoms with Crippen LogP contribution in [0.4, 0.5) is 5.69 Å². The third-order valence-electron chi connectivity index (χ3n) is 4.57. The molecule has 1 aliphatic carbocycles. The minimum Gasteiger partial charge on any atom is -0.336 e. The summed E-state index contributed by atoms with van der Waals surface area (Å²) >= 11 is 0. The molecule has 22 heavy (non-hydrogen) atoms. The summed E-state index contributed by atoms with van der Waals surface area (Å²) in [5.41, 5.74) is 1.08. The molecular weight excluding hydrogens is 282 g/mol. The number of carbonyl (C=O) groups is 2. The van der Waals surface area contributed by atoms with Gasteiger partial charge in [0.2, 0.25) is 6.08 Å². The standard InChI is InChI=1S/C16H17N3O3/c1-18-8-9-19(15(22)14(18)21)13-5-2-4-12(10-13)16(17-11-20)6-3-7-16/h2,4-5,10H,3,6-9H2,1H3. The normalized spacial score (nSPS) is 20.4. The summed E-state index contributed by atoms with van der Waals surface area (Å²) in [6.45, 7) is 0.973. The lowest BCUT2D eigenvalue weighted by Crippen LogP contribution is -2.53. The van der Waals surface area contributed by atoms with Gasteiger partial charge in [0.15, 0.2) is 0 Å². The van der Waals surface area contributed by atoms with Crippen LogP contribution in [-0.2, 0) is 19.9 Å². The Labute approximate surface area is 128 Å². The first-order valence-corrected chi connectivity index (χ1v) is 7.34. The lowest BCUT2D eigenvalue weighted by atomic mass is 9.72. The summed E-state index contributed by atoms with van der Waals surface area (Å²) in [6.07, 6.45) is 4.29. The van der Waals surface area contributed by atoms with Crippen molar-refractivity contribution in [2.75, 3.05) is 25.0 Å². The second kappa shape index (κ2) is 5.39. The van der Waals surface area contributed by atoms with Gasteiger partial charge in [0.1, 0.15) is 0 Å². The summed E-state index contributed by atoms with van der Waals surface area (Å²) in [6, 6.07) is 7.40. The summed E-state index contributed by atoms with van der Waals surface area (Å²) in [7, 11) is 1.62. The molecule has 6 nitrogen and oxygen atoms in total. The lowest BCUT2D eigenvalue weighted by Gasteiger charge is -2.38. The molecule has 1 saturated heterocycles. The van der Waals surface area contributed by atoms with E-state index in [-0.39, 0.29) is 0 Å². The van der Waals surface area contributed by atoms with Crippen LogP contribution in [0.15, 0.2) is 29.3 Å². The largest absolute Gasteiger partial charge is 0.336 e. The quantitative estimate of drug-likeness (QED) is 0.478. The zero-order valence-electron chi connectivity index (χ0n) is 12.4. The van der Waals surface area contributed by atoms with E-state index in [0.29, 0.717) is 18.8 Å². The monoisotopic (exact) mass is 299 g/mol. The van der Waals surface area contributed by atoms with Gasteiger partial charge in [-0.1, -0.05) is 12.1 Å². The predicted octanol–water partition coefficient (Wildman–Crippen LogP) is 1.21. The van der Waals surface area contributed by atoms with E-state index in [0.717, 1.165) is 24.8 Å². The van der Waals surface area contributed by atoms with Gasteiger partial charge in [0, 0.05) is 25.8 Å². The molecule has 0 radical (unpaired) electrons. The average molecular weight is 299 g/mol. The second-order valence-corrected chi connectivity index (χ2v) is 5.82. The van der Waals surface area contributed by atoms with Crippen LogP contribution >= 0.6 is 0 Å². The first kappa shape index (κ1) is 14.5. The van der Waals surface area contributed by atoms with Crippen molar-refractivity contribution >= 4 is 23.6 Å². The van der Waals surface area contributed by atoms with Crippen LogP contribution in [0.1, 0.15) is 24.8 Å². The Balaban J connectivity index is 1.93. The molecule has 0 spiro atoms. The highest BCUT2D eigenvalue weighted by Crippen LogP contribution is 2.45. The predicted molar refractivity (Wildman–Crippen MR) is 80.1 cm³/mol. The van der Waals surface area contributed by atoms with Gasteiger partial charge in [-0.25, -0.2) is 4.79 Å². The minimum atomic E-state index is -0.521. The molecule has 2 aliphatic rings. The Morgan fingerprint density at radius 2 is 1.95 bits per heavy atom. The molecule has 2 amide bonds. The van der Waals surface area contributed by atoms with Gasteiger partial charge in [-0.2, -0.15) is 4.99 Å². The van der Waals surface area contributed by atoms with Crippen molar-refractivity contribution < 1.29 is 14.4 Å². The van der Waals surface area contributed by atoms with Crippen molar-refractivity contribution in [3.63, 3.8) is 0 Å². The topological polar surface area (TPSA) is 70.0 Å². The number of piperazine rings is 1. The van der Waals surface area contributed by atoms with Gasteiger partial charge >= 0.3 is 11.8 Å². The second-order valence-electron chi connectivity index (χ2n) is 5.82. The molecule has 1 saturated carbocycles. The smallest absolute Gasteiger partial charge is 0.316 e. The Hall–Kier alpha value is -2.46. The van der Waals surface area contributed by atoms with Crippen LogP contribution in [0.25, 0.3) is 0 Å². The number of nitrogens with zero attached hydrogens (tertiary/aromatic N) is 3. The fourth-order valence-electron chi connectivity index (χ4n) is 3.01. The molecule has 2 fully saturated rings. The molecule has 0 atom stereocenters. The maximum Gasteiger partial charge on any atom is 0.316 e. The van der Waals surface area contributed by atoms with Crippen LogP contribution in [0, 0.1) is 0 Å². The summed E-state index contributed by atoms with van der Waals surface area (Å²) in [5, 5.41) is 0. The van der Waals surface area contributed by atoms with Crippen molar-refractivity contribution in [2.24, 2.45) is 4.99 Å². The van der Waals surface area contributed by atoms with Crippen molar-refractivity contribution in [2.45, 2.75) is 24.8 Å². The van der Waals surface area contributed by atoms with E-state index in [9.17, 15) is 14.4 Å². The van der Waals surface area contributed by atoms with Gasteiger partial charge in [-0.3, -0.25) is 9.59 Å². The molecule has 114 valence electrons. The van der Waals surface area contributed by atoms with E-state index in [1.165, 1.54) is 9.80 Å². The molecule has 3 rings (SSSR count). The third-order valence-corrected chi connectivity index (χ3v) is 4.57. The Morgan fingerprint density at radius 1 is 1.18 bits per heavy atom. The number of amides is 2. The van der Waals surface area contributed by atoms with Crippen LogP contribution in [0.3, 0.4) is 0 Å². The number of isocyanates is 1. The minimum absolute atomic E-state index is 0.467. The number of hydrogen-bond donors (Lipinski definition) is 0. The summed E-state index contributed by atoms with van der Waals surface area (Å²) < 4.78 is 0. The third kappa shape index (κ3) is 2.22. The molecule has 1 aromatic carbocycles. The first-order chi connectivity index (χ1) is 10.6. The van der Waals surface area contributed by atoms with E-state index in [4.69, 9.17) is 0 Å². The molecule has 0 aromatic heterocycles. The van der Waals surface area contributed by atoms with Crippen molar-refractivity contribution in [1.82, 2.24) is 4.90 Å². The van der Waals surface area contributed by atoms with Gasteiger partial charge in [0.25, 0.3) is 0 Å². The fraction of sp³-hybridized carbons (Fsp3) is 0.438. The zero-order valence-corrected chi connectivity index (χ0v) is 12.4. The van der Waals surface area contributed by atoms with Gasteiger partial charge in [-0.05, 0) is 37.0 Å². The highest BCUT2D eigenvalue weighted by atomic mass is 16.2. The average Bonchev–Trinajstić information content (AvgIpc) is 2.49. The maximum atomic E-state index is 12.2. The molecule has 0 unspecified atom stereocenters. The summed E-state index contributed by atoms with van der Waals surface area (Å²) in [4.78, 5) is 41.6. The van der Waals surface area contributed by atoms with Gasteiger partial charge in [-0.15, -0.1) is 0 Å². The number of carbonyl (C=O) groups excluding carboxylic acids is 3. The Bertz CT molecular complexity index is 675. The Kier molecular flexibility index (Phi) is 3.54. The van der Waals surface area contributed by atoms with Crippen molar-refractivity contribution in [3.05, 3.63) is 29.8 Å². The molecule has 6 heteroatoms. The molecule has 1 aliphatic heterocycles. The molecule has 1 aromatic rings. The fourth-order valence-corrected chi connectivity index (χ4v) is 3.01. The van der Waals surface area contributed by atoms with Crippen molar-refractivity contribution in [1.29, 1.82) is 0 Å². The maximum absolute atomic E-state index is 12.2. The number of hydrogen-bond acceptors (Lipinski definition) is 4. The first-order valence-electron chi connectivity index (χ1n) is 7.34. The zero-order chi connectivity index (χ0) is 15.7. The van der Waals surface area contributed by atoms with Crippen molar-refractivity contribution in [3.8, 4) is 0 Å². The van der Waals surface area contributed by atoms with Crippen LogP contribution in [0.5, 0.6) is 0 Å². The lowest BCUT2D eigenvalue weighted by molar-refractivity contribution is -0.145. The Morgan fingerprint density at radius 3 is 2.59 bits per heavy atom. The highest BCUT2D eigenvalue weighted by molar-refractivity contribution is 6.40. The number of likely N-dealkylation sites (N-methyl/N-ethyl adjacent to an activating group) is 1. The van der Waals surface area contributed by atoms with E-state index in [2.05, 4.69) is 4.99 Å². The van der Waals surface area contributed by atoms with Crippen LogP contribution < -0.4 is 4.90 Å². The number of anilines is 1. The molecule has 0 N–H and O–H groups in total. The van der Waals surface area contributed by atoms with Crippen LogP contribution in [0.2, 0.25) is 0 Å². The van der Waals surface area contributed by atoms with Gasteiger partial charge in [0.05, 0.1) is 5.54 Å². The van der Waals surface area contributed by atoms with E-state index < -0.39 is 17.4 Å². The SMILES string of the molecule is CN1CCN(c2cccc(C3(N=C=O)CCC3)c2)C(=O)C1=O. The number of benzene rings is 1. The van der Waals surface area contributed by atoms with Gasteiger partial charge < -0.3 is 9.80 Å². The highest BCUT2D eigenvalue weighted by Gasteiger charge is 2.39. The van der Waals surface area contributed by atoms with E-state index >= 15 is 0 Å². The van der Waals surface area contributed by atoms with Crippen LogP contribution in [-0.4, -0.2) is 42.9 Å².